The Hall–Kier alpha value is -14.8. The number of carbonyl (C=O) groups excluding carboxylic acids is 1. The lowest BCUT2D eigenvalue weighted by atomic mass is 9.96. The van der Waals surface area contributed by atoms with Crippen LogP contribution in [0.3, 0.4) is 0 Å². The zero-order valence-corrected chi connectivity index (χ0v) is 83.2. The monoisotopic (exact) mass is 2160 g/mol. The third-order valence-corrected chi connectivity index (χ3v) is 28.1. The smallest absolute Gasteiger partial charge is 0.282 e. The fourth-order valence-corrected chi connectivity index (χ4v) is 20.1. The number of hydrogen-bond acceptors (Lipinski definition) is 35. The summed E-state index contributed by atoms with van der Waals surface area (Å²) >= 11 is 0. The molecule has 4 saturated heterocycles. The summed E-state index contributed by atoms with van der Waals surface area (Å²) in [6, 6.07) is 29.9. The molecule has 6 unspecified atom stereocenters. The van der Waals surface area contributed by atoms with Crippen molar-refractivity contribution in [1.29, 1.82) is 0 Å². The van der Waals surface area contributed by atoms with Gasteiger partial charge in [0.05, 0.1) is 96.7 Å². The van der Waals surface area contributed by atoms with Crippen molar-refractivity contribution in [3.8, 4) is 56.9 Å². The zero-order valence-electron chi connectivity index (χ0n) is 79.9. The second-order valence-corrected chi connectivity index (χ2v) is 43.1. The summed E-state index contributed by atoms with van der Waals surface area (Å²) in [5.74, 6) is 2.10. The van der Waals surface area contributed by atoms with Crippen LogP contribution in [0.5, 0.6) is 0 Å². The van der Waals surface area contributed by atoms with Gasteiger partial charge in [0.2, 0.25) is 46.0 Å². The summed E-state index contributed by atoms with van der Waals surface area (Å²) in [7, 11) is -13.2. The molecule has 5 aliphatic heterocycles. The molecule has 0 bridgehead atoms. The van der Waals surface area contributed by atoms with Crippen LogP contribution in [-0.4, -0.2) is 299 Å². The molecule has 150 heavy (non-hydrogen) atoms. The molecule has 6 N–H and O–H groups in total. The Kier molecular flexibility index (Phi) is 32.5. The number of β-amino-alcohol motifs (C(OH)–C–C–N with tert-alkyl or cyclic N) is 2. The Morgan fingerprint density at radius 3 is 1.11 bits per heavy atom. The average molecular weight is 2160 g/mol. The van der Waals surface area contributed by atoms with Crippen molar-refractivity contribution in [2.24, 2.45) is 11.8 Å². The molecule has 15 aromatic heterocycles. The standard InChI is InChI=1S/C21H19F2N7O2S.2C18H21F2N7O3S.C18H20F2N6O2S.C16H15F2N7O/c1-33(31,32)27-9-13-11-29(17-5-3-2-4-14(13)17)20-8-16(25-12-26-20)18-10-24-19-7-6-15(21(22)23)28-30(18)19;2*1-31(29,30)24-6-11-4-12(28)9-26(8-11)17-5-14(22-10-23-17)15-7-21-16-3-2-13(18(19)20)25-27(15)16;1-29(27,28)25-7-2-3-12(6-8-25)14-9-15(23-11-22-14)16-10-21-17-5-4-13(18(19)20)24-26(16)17;17-16(18)10-1-2-13-20-8-12(25(13)23-10)11-7-14(22-9-21-11)24-5-3-15(26)19-4-6-24/h2-8,10,12-13,21,27H,9,11H2,1H3;2*2-3,5,7,10-12,18,24,28H,4,6,8-9H2,1H3;4-5,9-12,18H,2-3,6-8H2,1H3;1-2,7-9,16H,3-6H2,(H,19,26). The molecule has 59 heteroatoms. The van der Waals surface area contributed by atoms with Crippen molar-refractivity contribution < 1.29 is 92.6 Å². The number of para-hydroxylation sites is 1. The van der Waals surface area contributed by atoms with E-state index in [-0.39, 0.29) is 77.7 Å². The topological polar surface area (TPSA) is 538 Å². The first-order chi connectivity index (χ1) is 71.6. The van der Waals surface area contributed by atoms with Gasteiger partial charge in [0.25, 0.3) is 32.1 Å². The first-order valence-electron chi connectivity index (χ1n) is 46.4. The predicted molar refractivity (Wildman–Crippen MR) is 525 cm³/mol. The van der Waals surface area contributed by atoms with Gasteiger partial charge in [0.15, 0.2) is 28.2 Å². The quantitative estimate of drug-likeness (QED) is 0.0291. The SMILES string of the molecule is CS(=O)(=O)N1CCCC(c2cc(-c3cnc4ccc(C(F)F)nn34)ncn2)CC1.CS(=O)(=O)NCC1CC(O)CN(c2cc(-c3cnc4ccc(C(F)F)nn34)ncn2)C1.CS(=O)(=O)NCC1CC(O)CN(c2cc(-c3cnc4ccc(C(F)F)nn34)ncn2)C1.CS(=O)(=O)NCC1CN(c2cc(-c3cnc4ccc(C(F)F)nn34)ncn2)c2ccccc21.O=C1CCN(c2cc(-c3cnc4ccc(C(F)F)nn34)ncn2)CCN1. The number of rotatable bonds is 25. The normalized spacial score (nSPS) is 18.1. The van der Waals surface area contributed by atoms with E-state index in [1.165, 1.54) is 150 Å². The van der Waals surface area contributed by atoms with Crippen LogP contribution in [0.4, 0.5) is 72.9 Å². The minimum Gasteiger partial charge on any atom is -0.391 e. The van der Waals surface area contributed by atoms with E-state index in [0.29, 0.717) is 200 Å². The largest absolute Gasteiger partial charge is 0.391 e. The fourth-order valence-electron chi connectivity index (χ4n) is 17.6. The molecule has 0 aliphatic carbocycles. The van der Waals surface area contributed by atoms with Crippen LogP contribution in [0.15, 0.2) is 178 Å². The van der Waals surface area contributed by atoms with E-state index in [0.717, 1.165) is 48.6 Å². The lowest BCUT2D eigenvalue weighted by molar-refractivity contribution is -0.120. The van der Waals surface area contributed by atoms with Gasteiger partial charge in [0.1, 0.15) is 112 Å². The molecule has 20 heterocycles. The second kappa shape index (κ2) is 45.8. The molecule has 6 atom stereocenters. The van der Waals surface area contributed by atoms with Gasteiger partial charge in [-0.25, -0.2) is 193 Å². The van der Waals surface area contributed by atoms with Crippen molar-refractivity contribution in [3.63, 3.8) is 0 Å². The highest BCUT2D eigenvalue weighted by Gasteiger charge is 2.35. The van der Waals surface area contributed by atoms with Crippen LogP contribution in [0, 0.1) is 11.8 Å². The molecule has 5 aliphatic rings. The van der Waals surface area contributed by atoms with Crippen molar-refractivity contribution in [2.45, 2.75) is 94.7 Å². The Balaban J connectivity index is 0.000000128. The minimum absolute atomic E-state index is 0.00675. The number of fused-ring (bicyclic) bond motifs is 6. The highest BCUT2D eigenvalue weighted by Crippen LogP contribution is 2.42. The van der Waals surface area contributed by atoms with Crippen LogP contribution < -0.4 is 39.1 Å². The van der Waals surface area contributed by atoms with E-state index in [9.17, 15) is 92.6 Å². The van der Waals surface area contributed by atoms with Crippen molar-refractivity contribution >= 4 is 103 Å². The first-order valence-corrected chi connectivity index (χ1v) is 53.9. The third-order valence-electron chi connectivity index (χ3n) is 24.7. The number of halogens is 10. The number of aliphatic hydroxyl groups is 2. The number of sulfonamides is 4. The van der Waals surface area contributed by atoms with Gasteiger partial charge in [0, 0.05) is 139 Å². The number of carbonyl (C=O) groups is 1. The van der Waals surface area contributed by atoms with Crippen molar-refractivity contribution in [1.82, 2.24) is 147 Å². The van der Waals surface area contributed by atoms with E-state index >= 15 is 0 Å². The van der Waals surface area contributed by atoms with E-state index in [4.69, 9.17) is 0 Å². The predicted octanol–water partition coefficient (Wildman–Crippen LogP) is 8.73. The molecule has 16 aromatic rings. The van der Waals surface area contributed by atoms with Gasteiger partial charge < -0.3 is 35.1 Å². The molecular formula is C91H96F10N34O11S4. The lowest BCUT2D eigenvalue weighted by Gasteiger charge is -2.36. The number of hydrogen-bond donors (Lipinski definition) is 6. The van der Waals surface area contributed by atoms with Gasteiger partial charge in [-0.2, -0.15) is 25.5 Å². The molecule has 1 aromatic carbocycles. The number of aromatic nitrogens is 25. The summed E-state index contributed by atoms with van der Waals surface area (Å²) in [5, 5.41) is 43.2. The number of anilines is 5. The minimum atomic E-state index is -3.34. The molecule has 0 saturated carbocycles. The Morgan fingerprint density at radius 1 is 0.380 bits per heavy atom. The molecule has 4 fully saturated rings. The van der Waals surface area contributed by atoms with E-state index in [2.05, 4.69) is 120 Å². The number of imidazole rings is 5. The van der Waals surface area contributed by atoms with Gasteiger partial charge >= 0.3 is 0 Å². The molecule has 790 valence electrons. The second-order valence-electron chi connectivity index (χ2n) is 35.7. The Bertz CT molecular complexity index is 7870. The molecule has 21 rings (SSSR count). The molecule has 0 spiro atoms. The molecular weight excluding hydrogens is 2060 g/mol. The van der Waals surface area contributed by atoms with Crippen molar-refractivity contribution in [2.75, 3.05) is 130 Å². The van der Waals surface area contributed by atoms with Crippen LogP contribution >= 0.6 is 0 Å². The number of nitrogens with zero attached hydrogens (tertiary/aromatic N) is 30. The summed E-state index contributed by atoms with van der Waals surface area (Å²) < 4.78 is 239. The maximum Gasteiger partial charge on any atom is 0.282 e. The first kappa shape index (κ1) is 107. The molecule has 1 amide bonds. The number of benzene rings is 1. The van der Waals surface area contributed by atoms with Gasteiger partial charge in [-0.15, -0.1) is 0 Å². The van der Waals surface area contributed by atoms with Crippen LogP contribution in [0.2, 0.25) is 0 Å². The third kappa shape index (κ3) is 26.2. The van der Waals surface area contributed by atoms with Crippen molar-refractivity contribution in [3.05, 3.63) is 218 Å². The fraction of sp³-hybridized carbons (Fsp3) is 0.374. The van der Waals surface area contributed by atoms with Crippen LogP contribution in [0.25, 0.3) is 85.2 Å². The van der Waals surface area contributed by atoms with E-state index in [1.54, 1.807) is 36.5 Å². The molecule has 45 nitrogen and oxygen atoms in total. The van der Waals surface area contributed by atoms with Crippen LogP contribution in [0.1, 0.15) is 122 Å². The lowest BCUT2D eigenvalue weighted by Crippen LogP contribution is -2.47. The number of alkyl halides is 10. The summed E-state index contributed by atoms with van der Waals surface area (Å²) in [6.45, 7) is 5.46. The van der Waals surface area contributed by atoms with E-state index in [1.807, 2.05) is 43.9 Å². The maximum atomic E-state index is 13.1. The highest BCUT2D eigenvalue weighted by molar-refractivity contribution is 7.89. The number of amides is 1. The summed E-state index contributed by atoms with van der Waals surface area (Å²) in [4.78, 5) is 83.0. The van der Waals surface area contributed by atoms with Crippen LogP contribution in [-0.2, 0) is 44.9 Å². The van der Waals surface area contributed by atoms with Gasteiger partial charge in [-0.1, -0.05) is 18.2 Å². The van der Waals surface area contributed by atoms with E-state index < -0.39 is 84.4 Å². The number of nitrogens with one attached hydrogen (secondary N) is 4. The molecule has 0 radical (unpaired) electrons. The Morgan fingerprint density at radius 2 is 0.733 bits per heavy atom. The number of aliphatic hydroxyl groups excluding tert-OH is 2. The van der Waals surface area contributed by atoms with Gasteiger partial charge in [-0.05, 0) is 122 Å². The van der Waals surface area contributed by atoms with Gasteiger partial charge in [-0.3, -0.25) is 4.79 Å². The zero-order chi connectivity index (χ0) is 106. The Labute approximate surface area is 848 Å². The number of piperidine rings is 2. The highest BCUT2D eigenvalue weighted by atomic mass is 32.2. The summed E-state index contributed by atoms with van der Waals surface area (Å²) in [5.41, 5.74) is 7.77. The average Bonchev–Trinajstić information content (AvgIpc) is 1.62. The maximum absolute atomic E-state index is 13.1. The summed E-state index contributed by atoms with van der Waals surface area (Å²) in [6.07, 6.45) is 7.77.